The average molecular weight is 348 g/mol. The molecular weight excluding hydrogens is 320 g/mol. The molecule has 0 spiro atoms. The lowest BCUT2D eigenvalue weighted by Crippen LogP contribution is -2.51. The lowest BCUT2D eigenvalue weighted by atomic mass is 9.93. The molecule has 1 saturated carbocycles. The zero-order valence-electron chi connectivity index (χ0n) is 16.1. The van der Waals surface area contributed by atoms with Gasteiger partial charge in [0.15, 0.2) is 0 Å². The second-order valence-corrected chi connectivity index (χ2v) is 7.95. The van der Waals surface area contributed by atoms with Crippen LogP contribution >= 0.6 is 0 Å². The highest BCUT2D eigenvalue weighted by molar-refractivity contribution is 5.91. The van der Waals surface area contributed by atoms with Gasteiger partial charge in [-0.25, -0.2) is 0 Å². The Bertz CT molecular complexity index is 813. The number of carbonyl (C=O) groups is 1. The topological polar surface area (TPSA) is 23.6 Å². The zero-order chi connectivity index (χ0) is 18.3. The van der Waals surface area contributed by atoms with Gasteiger partial charge >= 0.3 is 0 Å². The van der Waals surface area contributed by atoms with Gasteiger partial charge in [0, 0.05) is 31.9 Å². The highest BCUT2D eigenvalue weighted by Crippen LogP contribution is 2.49. The van der Waals surface area contributed by atoms with Gasteiger partial charge in [0.2, 0.25) is 5.91 Å². The van der Waals surface area contributed by atoms with Crippen LogP contribution in [0.5, 0.6) is 0 Å². The predicted molar refractivity (Wildman–Crippen MR) is 107 cm³/mol. The Morgan fingerprint density at radius 2 is 1.54 bits per heavy atom. The van der Waals surface area contributed by atoms with Crippen LogP contribution in [0.1, 0.15) is 35.1 Å². The Hall–Kier alpha value is -2.29. The number of hydrogen-bond acceptors (Lipinski definition) is 2. The van der Waals surface area contributed by atoms with Crippen LogP contribution in [-0.2, 0) is 10.2 Å². The lowest BCUT2D eigenvalue weighted by molar-refractivity contribution is -0.134. The first-order valence-corrected chi connectivity index (χ1v) is 9.69. The van der Waals surface area contributed by atoms with Crippen molar-refractivity contribution in [2.24, 2.45) is 0 Å². The molecule has 1 aliphatic carbocycles. The normalized spacial score (nSPS) is 18.7. The summed E-state index contributed by atoms with van der Waals surface area (Å²) in [4.78, 5) is 17.8. The number of aryl methyl sites for hydroxylation is 2. The van der Waals surface area contributed by atoms with Crippen LogP contribution < -0.4 is 4.90 Å². The van der Waals surface area contributed by atoms with E-state index in [1.807, 2.05) is 0 Å². The summed E-state index contributed by atoms with van der Waals surface area (Å²) in [5.74, 6) is 0.335. The first-order chi connectivity index (χ1) is 12.5. The molecule has 3 nitrogen and oxygen atoms in total. The first kappa shape index (κ1) is 17.1. The smallest absolute Gasteiger partial charge is 0.233 e. The predicted octanol–water partition coefficient (Wildman–Crippen LogP) is 3.99. The fourth-order valence-corrected chi connectivity index (χ4v) is 4.15. The Balaban J connectivity index is 1.46. The minimum Gasteiger partial charge on any atom is -0.368 e. The molecule has 0 bridgehead atoms. The van der Waals surface area contributed by atoms with E-state index in [0.717, 1.165) is 39.0 Å². The summed E-state index contributed by atoms with van der Waals surface area (Å²) in [6.07, 6.45) is 1.98. The molecule has 2 aromatic carbocycles. The van der Waals surface area contributed by atoms with Crippen LogP contribution in [-0.4, -0.2) is 37.0 Å². The van der Waals surface area contributed by atoms with Gasteiger partial charge in [0.25, 0.3) is 0 Å². The molecule has 2 aliphatic rings. The van der Waals surface area contributed by atoms with E-state index in [0.29, 0.717) is 5.91 Å². The lowest BCUT2D eigenvalue weighted by Gasteiger charge is -2.38. The van der Waals surface area contributed by atoms with Gasteiger partial charge in [-0.05, 0) is 56.4 Å². The van der Waals surface area contributed by atoms with Gasteiger partial charge in [0.1, 0.15) is 0 Å². The van der Waals surface area contributed by atoms with Crippen molar-refractivity contribution in [1.29, 1.82) is 0 Å². The Morgan fingerprint density at radius 1 is 0.885 bits per heavy atom. The molecule has 2 aromatic rings. The third-order valence-electron chi connectivity index (χ3n) is 6.25. The van der Waals surface area contributed by atoms with Crippen molar-refractivity contribution in [3.8, 4) is 0 Å². The van der Waals surface area contributed by atoms with Crippen molar-refractivity contribution in [3.63, 3.8) is 0 Å². The molecule has 1 amide bonds. The van der Waals surface area contributed by atoms with E-state index in [9.17, 15) is 4.79 Å². The van der Waals surface area contributed by atoms with Crippen LogP contribution in [0.25, 0.3) is 0 Å². The van der Waals surface area contributed by atoms with Crippen LogP contribution in [0.15, 0.2) is 42.5 Å². The van der Waals surface area contributed by atoms with Gasteiger partial charge in [-0.15, -0.1) is 0 Å². The average Bonchev–Trinajstić information content (AvgIpc) is 3.46. The number of anilines is 1. The summed E-state index contributed by atoms with van der Waals surface area (Å²) in [5.41, 5.74) is 6.21. The highest BCUT2D eigenvalue weighted by atomic mass is 16.2. The largest absolute Gasteiger partial charge is 0.368 e. The summed E-state index contributed by atoms with van der Waals surface area (Å²) in [7, 11) is 0. The summed E-state index contributed by atoms with van der Waals surface area (Å²) in [5, 5.41) is 0. The Labute approximate surface area is 156 Å². The molecule has 1 aliphatic heterocycles. The van der Waals surface area contributed by atoms with E-state index in [1.165, 1.54) is 27.9 Å². The number of piperazine rings is 1. The zero-order valence-corrected chi connectivity index (χ0v) is 16.1. The Morgan fingerprint density at radius 3 is 2.15 bits per heavy atom. The molecule has 2 fully saturated rings. The third kappa shape index (κ3) is 2.90. The molecule has 1 saturated heterocycles. The monoisotopic (exact) mass is 348 g/mol. The van der Waals surface area contributed by atoms with E-state index in [-0.39, 0.29) is 5.41 Å². The maximum absolute atomic E-state index is 13.2. The van der Waals surface area contributed by atoms with Crippen molar-refractivity contribution >= 4 is 11.6 Å². The van der Waals surface area contributed by atoms with Crippen molar-refractivity contribution in [3.05, 3.63) is 64.7 Å². The number of rotatable bonds is 3. The van der Waals surface area contributed by atoms with Crippen LogP contribution in [0, 0.1) is 20.8 Å². The van der Waals surface area contributed by atoms with Crippen molar-refractivity contribution in [1.82, 2.24) is 4.90 Å². The summed E-state index contributed by atoms with van der Waals surface area (Å²) < 4.78 is 0. The quantitative estimate of drug-likeness (QED) is 0.837. The van der Waals surface area contributed by atoms with E-state index < -0.39 is 0 Å². The Kier molecular flexibility index (Phi) is 4.26. The van der Waals surface area contributed by atoms with E-state index in [2.05, 4.69) is 73.0 Å². The molecule has 0 atom stereocenters. The van der Waals surface area contributed by atoms with Gasteiger partial charge in [-0.1, -0.05) is 42.0 Å². The molecule has 3 heteroatoms. The number of nitrogens with zero attached hydrogens (tertiary/aromatic N) is 2. The van der Waals surface area contributed by atoms with E-state index in [1.54, 1.807) is 0 Å². The van der Waals surface area contributed by atoms with Crippen LogP contribution in [0.4, 0.5) is 5.69 Å². The van der Waals surface area contributed by atoms with Gasteiger partial charge in [0.05, 0.1) is 5.41 Å². The molecule has 1 heterocycles. The maximum atomic E-state index is 13.2. The molecule has 4 rings (SSSR count). The second-order valence-electron chi connectivity index (χ2n) is 7.95. The number of carbonyl (C=O) groups excluding carboxylic acids is 1. The standard InChI is InChI=1S/C23H28N2O/c1-17-7-9-20(10-8-17)23(11-12-23)22(26)25-15-13-24(14-16-25)21-6-4-5-18(2)19(21)3/h4-10H,11-16H2,1-3H3. The summed E-state index contributed by atoms with van der Waals surface area (Å²) >= 11 is 0. The maximum Gasteiger partial charge on any atom is 0.233 e. The first-order valence-electron chi connectivity index (χ1n) is 9.69. The molecule has 26 heavy (non-hydrogen) atoms. The summed E-state index contributed by atoms with van der Waals surface area (Å²) in [6, 6.07) is 15.0. The fourth-order valence-electron chi connectivity index (χ4n) is 4.15. The van der Waals surface area contributed by atoms with E-state index >= 15 is 0 Å². The molecule has 0 unspecified atom stereocenters. The van der Waals surface area contributed by atoms with Crippen molar-refractivity contribution in [2.75, 3.05) is 31.1 Å². The third-order valence-corrected chi connectivity index (χ3v) is 6.25. The molecule has 0 N–H and O–H groups in total. The highest BCUT2D eigenvalue weighted by Gasteiger charge is 2.53. The van der Waals surface area contributed by atoms with Crippen molar-refractivity contribution < 1.29 is 4.79 Å². The molecule has 0 radical (unpaired) electrons. The number of benzene rings is 2. The molecule has 136 valence electrons. The number of amides is 1. The molecule has 0 aromatic heterocycles. The second kappa shape index (κ2) is 6.46. The van der Waals surface area contributed by atoms with Gasteiger partial charge < -0.3 is 9.80 Å². The minimum atomic E-state index is -0.241. The minimum absolute atomic E-state index is 0.241. The fraction of sp³-hybridized carbons (Fsp3) is 0.435. The summed E-state index contributed by atoms with van der Waals surface area (Å²) in [6.45, 7) is 9.92. The number of hydrogen-bond donors (Lipinski definition) is 0. The van der Waals surface area contributed by atoms with Gasteiger partial charge in [-0.3, -0.25) is 4.79 Å². The molecular formula is C23H28N2O. The SMILES string of the molecule is Cc1ccc(C2(C(=O)N3CCN(c4cccc(C)c4C)CC3)CC2)cc1. The van der Waals surface area contributed by atoms with Crippen LogP contribution in [0.3, 0.4) is 0 Å². The van der Waals surface area contributed by atoms with Gasteiger partial charge in [-0.2, -0.15) is 0 Å². The van der Waals surface area contributed by atoms with Crippen molar-refractivity contribution in [2.45, 2.75) is 39.0 Å². The van der Waals surface area contributed by atoms with Crippen LogP contribution in [0.2, 0.25) is 0 Å². The van der Waals surface area contributed by atoms with E-state index in [4.69, 9.17) is 0 Å².